The van der Waals surface area contributed by atoms with Crippen molar-refractivity contribution < 1.29 is 0 Å². The number of rotatable bonds is 6. The Morgan fingerprint density at radius 3 is 1.29 bits per heavy atom. The molecule has 0 saturated heterocycles. The predicted octanol–water partition coefficient (Wildman–Crippen LogP) is 3.77. The molecular weight excluding hydrogens is 228 g/mol. The van der Waals surface area contributed by atoms with Crippen LogP contribution in [0.3, 0.4) is 0 Å². The van der Waals surface area contributed by atoms with E-state index in [0.717, 1.165) is 11.5 Å². The Labute approximate surface area is 110 Å². The van der Waals surface area contributed by atoms with E-state index in [0.29, 0.717) is 0 Å². The first-order valence-electron chi connectivity index (χ1n) is 6.12. The van der Waals surface area contributed by atoms with Crippen LogP contribution in [0.15, 0.2) is 25.3 Å². The van der Waals surface area contributed by atoms with Crippen LogP contribution in [0.1, 0.15) is 41.5 Å². The largest absolute Gasteiger partial charge is 0.264 e. The van der Waals surface area contributed by atoms with E-state index in [1.807, 2.05) is 12.2 Å². The molecule has 0 atom stereocenters. The molecule has 0 aliphatic carbocycles. The van der Waals surface area contributed by atoms with Crippen molar-refractivity contribution in [3.05, 3.63) is 25.3 Å². The minimum absolute atomic E-state index is 0.0829. The van der Waals surface area contributed by atoms with Crippen molar-refractivity contribution in [1.29, 1.82) is 0 Å². The fourth-order valence-electron chi connectivity index (χ4n) is 1.83. The van der Waals surface area contributed by atoms with Gasteiger partial charge in [0.05, 0.1) is 0 Å². The molecule has 3 heteroatoms. The first-order chi connectivity index (χ1) is 7.54. The highest BCUT2D eigenvalue weighted by molar-refractivity contribution is 8.30. The van der Waals surface area contributed by atoms with Crippen molar-refractivity contribution in [1.82, 2.24) is 9.44 Å². The Morgan fingerprint density at radius 2 is 1.12 bits per heavy atom. The average Bonchev–Trinajstić information content (AvgIpc) is 1.96. The van der Waals surface area contributed by atoms with Gasteiger partial charge in [-0.1, -0.05) is 12.2 Å². The molecule has 2 nitrogen and oxygen atoms in total. The van der Waals surface area contributed by atoms with Gasteiger partial charge in [0, 0.05) is 22.6 Å². The summed E-state index contributed by atoms with van der Waals surface area (Å²) in [5.41, 5.74) is 0.166. The normalized spacial score (nSPS) is 14.5. The molecule has 0 rings (SSSR count). The summed E-state index contributed by atoms with van der Waals surface area (Å²) in [4.78, 5) is 0. The van der Waals surface area contributed by atoms with Gasteiger partial charge in [-0.3, -0.25) is 9.44 Å². The summed E-state index contributed by atoms with van der Waals surface area (Å²) in [7, 11) is -1.15. The molecule has 0 bridgehead atoms. The van der Waals surface area contributed by atoms with E-state index in [-0.39, 0.29) is 11.1 Å². The maximum atomic E-state index is 3.89. The lowest BCUT2D eigenvalue weighted by Gasteiger charge is -2.49. The maximum absolute atomic E-state index is 3.89. The quantitative estimate of drug-likeness (QED) is 0.709. The zero-order chi connectivity index (χ0) is 13.7. The van der Waals surface area contributed by atoms with Gasteiger partial charge in [0.1, 0.15) is 0 Å². The summed E-state index contributed by atoms with van der Waals surface area (Å²) in [5, 5.41) is 0. The molecule has 0 spiro atoms. The molecule has 0 saturated carbocycles. The summed E-state index contributed by atoms with van der Waals surface area (Å²) in [5.74, 6) is 1.90. The van der Waals surface area contributed by atoms with E-state index in [4.69, 9.17) is 0 Å². The second-order valence-electron chi connectivity index (χ2n) is 6.50. The van der Waals surface area contributed by atoms with Gasteiger partial charge in [0.15, 0.2) is 0 Å². The summed E-state index contributed by atoms with van der Waals surface area (Å²) in [6.07, 6.45) is 3.99. The van der Waals surface area contributed by atoms with Crippen LogP contribution in [0.5, 0.6) is 0 Å². The SMILES string of the molecule is C=CCS(CC=C)(NC(C)(C)C)NC(C)(C)C. The Morgan fingerprint density at radius 1 is 0.824 bits per heavy atom. The molecule has 2 N–H and O–H groups in total. The predicted molar refractivity (Wildman–Crippen MR) is 83.5 cm³/mol. The topological polar surface area (TPSA) is 24.1 Å². The molecule has 0 aliphatic rings. The standard InChI is InChI=1S/C14H30N2S/c1-9-11-17(12-10-2,15-13(3,4)5)16-14(6,7)8/h9-10,15-16H,1-2,11-12H2,3-8H3. The van der Waals surface area contributed by atoms with Gasteiger partial charge in [-0.2, -0.15) is 0 Å². The lowest BCUT2D eigenvalue weighted by Crippen LogP contribution is -2.51. The van der Waals surface area contributed by atoms with E-state index in [2.05, 4.69) is 64.1 Å². The molecule has 0 aliphatic heterocycles. The molecular formula is C14H30N2S. The van der Waals surface area contributed by atoms with Crippen LogP contribution in [0.25, 0.3) is 0 Å². The summed E-state index contributed by atoms with van der Waals surface area (Å²) in [6.45, 7) is 21.0. The van der Waals surface area contributed by atoms with Crippen LogP contribution in [0.4, 0.5) is 0 Å². The molecule has 0 aromatic heterocycles. The minimum atomic E-state index is -1.15. The van der Waals surface area contributed by atoms with Crippen molar-refractivity contribution in [2.75, 3.05) is 11.5 Å². The summed E-state index contributed by atoms with van der Waals surface area (Å²) < 4.78 is 7.52. The number of nitrogens with one attached hydrogen (secondary N) is 2. The third-order valence-electron chi connectivity index (χ3n) is 1.81. The monoisotopic (exact) mass is 258 g/mol. The summed E-state index contributed by atoms with van der Waals surface area (Å²) in [6, 6.07) is 0. The lowest BCUT2D eigenvalue weighted by atomic mass is 10.1. The molecule has 0 fully saturated rings. The second-order valence-corrected chi connectivity index (χ2v) is 9.34. The zero-order valence-electron chi connectivity index (χ0n) is 12.4. The molecule has 0 aromatic rings. The van der Waals surface area contributed by atoms with Crippen LogP contribution in [-0.4, -0.2) is 22.6 Å². The van der Waals surface area contributed by atoms with Crippen molar-refractivity contribution in [3.8, 4) is 0 Å². The Hall–Kier alpha value is -0.250. The fraction of sp³-hybridized carbons (Fsp3) is 0.714. The van der Waals surface area contributed by atoms with E-state index < -0.39 is 10.4 Å². The van der Waals surface area contributed by atoms with E-state index in [9.17, 15) is 0 Å². The van der Waals surface area contributed by atoms with Gasteiger partial charge in [-0.15, -0.1) is 23.6 Å². The highest BCUT2D eigenvalue weighted by Gasteiger charge is 2.30. The maximum Gasteiger partial charge on any atom is 0.0194 e. The van der Waals surface area contributed by atoms with Gasteiger partial charge >= 0.3 is 0 Å². The minimum Gasteiger partial charge on any atom is -0.264 e. The van der Waals surface area contributed by atoms with Crippen molar-refractivity contribution in [2.45, 2.75) is 52.6 Å². The highest BCUT2D eigenvalue weighted by atomic mass is 32.3. The average molecular weight is 258 g/mol. The zero-order valence-corrected chi connectivity index (χ0v) is 13.2. The van der Waals surface area contributed by atoms with Gasteiger partial charge < -0.3 is 0 Å². The van der Waals surface area contributed by atoms with Crippen LogP contribution < -0.4 is 9.44 Å². The smallest absolute Gasteiger partial charge is 0.0194 e. The third-order valence-corrected chi connectivity index (χ3v) is 5.42. The fourth-order valence-corrected chi connectivity index (χ4v) is 5.50. The third kappa shape index (κ3) is 7.63. The van der Waals surface area contributed by atoms with Crippen LogP contribution in [0, 0.1) is 0 Å². The van der Waals surface area contributed by atoms with Gasteiger partial charge in [-0.25, -0.2) is 0 Å². The first-order valence-corrected chi connectivity index (χ1v) is 8.09. The molecule has 0 heterocycles. The van der Waals surface area contributed by atoms with Gasteiger partial charge in [-0.05, 0) is 41.5 Å². The van der Waals surface area contributed by atoms with Gasteiger partial charge in [0.2, 0.25) is 0 Å². The molecule has 0 unspecified atom stereocenters. The Kier molecular flexibility index (Phi) is 5.99. The van der Waals surface area contributed by atoms with Crippen LogP contribution >= 0.6 is 10.4 Å². The van der Waals surface area contributed by atoms with Crippen LogP contribution in [-0.2, 0) is 0 Å². The van der Waals surface area contributed by atoms with Crippen molar-refractivity contribution >= 4 is 10.4 Å². The number of hydrogen-bond donors (Lipinski definition) is 2. The molecule has 0 amide bonds. The van der Waals surface area contributed by atoms with E-state index >= 15 is 0 Å². The van der Waals surface area contributed by atoms with E-state index in [1.54, 1.807) is 0 Å². The molecule has 17 heavy (non-hydrogen) atoms. The second kappa shape index (κ2) is 6.07. The molecule has 0 radical (unpaired) electrons. The van der Waals surface area contributed by atoms with E-state index in [1.165, 1.54) is 0 Å². The molecule has 102 valence electrons. The van der Waals surface area contributed by atoms with Gasteiger partial charge in [0.25, 0.3) is 0 Å². The van der Waals surface area contributed by atoms with Crippen molar-refractivity contribution in [3.63, 3.8) is 0 Å². The summed E-state index contributed by atoms with van der Waals surface area (Å²) >= 11 is 0. The Bertz CT molecular complexity index is 230. The highest BCUT2D eigenvalue weighted by Crippen LogP contribution is 2.43. The first kappa shape index (κ1) is 16.8. The Balaban J connectivity index is 5.10. The molecule has 0 aromatic carbocycles. The van der Waals surface area contributed by atoms with Crippen molar-refractivity contribution in [2.24, 2.45) is 0 Å². The number of hydrogen-bond acceptors (Lipinski definition) is 2. The van der Waals surface area contributed by atoms with Crippen LogP contribution in [0.2, 0.25) is 0 Å². The lowest BCUT2D eigenvalue weighted by molar-refractivity contribution is 0.497.